The van der Waals surface area contributed by atoms with E-state index in [9.17, 15) is 22.0 Å². The number of alkyl halides is 3. The normalized spacial score (nSPS) is 11.7. The molecule has 5 nitrogen and oxygen atoms in total. The van der Waals surface area contributed by atoms with Crippen LogP contribution in [0, 0.1) is 11.6 Å². The number of halogens is 5. The molecular weight excluding hydrogens is 353 g/mol. The van der Waals surface area contributed by atoms with E-state index in [1.54, 1.807) is 0 Å². The molecule has 0 aromatic carbocycles. The van der Waals surface area contributed by atoms with E-state index < -0.39 is 23.5 Å². The lowest BCUT2D eigenvalue weighted by Crippen LogP contribution is -2.04. The van der Waals surface area contributed by atoms with Crippen LogP contribution in [0.5, 0.6) is 0 Å². The van der Waals surface area contributed by atoms with E-state index in [0.717, 1.165) is 29.8 Å². The van der Waals surface area contributed by atoms with Gasteiger partial charge in [-0.1, -0.05) is 11.3 Å². The van der Waals surface area contributed by atoms with E-state index in [1.807, 2.05) is 0 Å². The molecule has 11 heteroatoms. The fourth-order valence-electron chi connectivity index (χ4n) is 1.84. The molecule has 0 atom stereocenters. The lowest BCUT2D eigenvalue weighted by atomic mass is 10.2. The highest BCUT2D eigenvalue weighted by Gasteiger charge is 2.34. The number of rotatable bonds is 4. The SMILES string of the molecule is Fc1cncc(F)c1CNc1ncc(-c2cc(C(F)(F)F)n[nH]2)s1. The third-order valence-electron chi connectivity index (χ3n) is 3.01. The molecule has 0 unspecified atom stereocenters. The molecule has 0 saturated heterocycles. The molecule has 0 aliphatic rings. The smallest absolute Gasteiger partial charge is 0.357 e. The molecule has 0 fully saturated rings. The molecule has 2 N–H and O–H groups in total. The predicted octanol–water partition coefficient (Wildman–Crippen LogP) is 3.84. The molecule has 0 amide bonds. The van der Waals surface area contributed by atoms with Gasteiger partial charge in [-0.15, -0.1) is 0 Å². The Kier molecular flexibility index (Phi) is 4.18. The molecule has 0 aliphatic carbocycles. The van der Waals surface area contributed by atoms with E-state index in [2.05, 4.69) is 25.5 Å². The van der Waals surface area contributed by atoms with E-state index in [1.165, 1.54) is 6.20 Å². The highest BCUT2D eigenvalue weighted by molar-refractivity contribution is 7.18. The maximum absolute atomic E-state index is 13.5. The van der Waals surface area contributed by atoms with Crippen molar-refractivity contribution >= 4 is 16.5 Å². The first kappa shape index (κ1) is 16.3. The fraction of sp³-hybridized carbons (Fsp3) is 0.154. The monoisotopic (exact) mass is 361 g/mol. The van der Waals surface area contributed by atoms with E-state index in [4.69, 9.17) is 0 Å². The van der Waals surface area contributed by atoms with Crippen molar-refractivity contribution in [2.75, 3.05) is 5.32 Å². The number of nitrogens with one attached hydrogen (secondary N) is 2. The summed E-state index contributed by atoms with van der Waals surface area (Å²) >= 11 is 1.02. The second-order valence-electron chi connectivity index (χ2n) is 4.63. The first-order chi connectivity index (χ1) is 11.3. The number of hydrogen-bond acceptors (Lipinski definition) is 5. The Hall–Kier alpha value is -2.56. The van der Waals surface area contributed by atoms with Crippen LogP contribution in [0.2, 0.25) is 0 Å². The zero-order valence-corrected chi connectivity index (χ0v) is 12.5. The summed E-state index contributed by atoms with van der Waals surface area (Å²) in [6, 6.07) is 0.861. The number of anilines is 1. The number of pyridine rings is 1. The minimum atomic E-state index is -4.54. The molecule has 3 aromatic heterocycles. The Morgan fingerprint density at radius 1 is 1.12 bits per heavy atom. The summed E-state index contributed by atoms with van der Waals surface area (Å²) < 4.78 is 64.5. The lowest BCUT2D eigenvalue weighted by molar-refractivity contribution is -0.141. The Morgan fingerprint density at radius 3 is 2.46 bits per heavy atom. The quantitative estimate of drug-likeness (QED) is 0.693. The fourth-order valence-corrected chi connectivity index (χ4v) is 2.62. The van der Waals surface area contributed by atoms with Crippen molar-refractivity contribution < 1.29 is 22.0 Å². The first-order valence-electron chi connectivity index (χ1n) is 6.45. The van der Waals surface area contributed by atoms with Gasteiger partial charge in [0.1, 0.15) is 11.6 Å². The summed E-state index contributed by atoms with van der Waals surface area (Å²) in [6.45, 7) is -0.177. The van der Waals surface area contributed by atoms with E-state index in [0.29, 0.717) is 10.0 Å². The molecule has 3 rings (SSSR count). The maximum Gasteiger partial charge on any atom is 0.435 e. The van der Waals surface area contributed by atoms with E-state index >= 15 is 0 Å². The van der Waals surface area contributed by atoms with Crippen LogP contribution in [0.3, 0.4) is 0 Å². The van der Waals surface area contributed by atoms with Gasteiger partial charge >= 0.3 is 6.18 Å². The van der Waals surface area contributed by atoms with Gasteiger partial charge in [-0.3, -0.25) is 10.1 Å². The molecule has 0 aliphatic heterocycles. The van der Waals surface area contributed by atoms with Gasteiger partial charge in [0.25, 0.3) is 0 Å². The zero-order valence-electron chi connectivity index (χ0n) is 11.7. The number of hydrogen-bond donors (Lipinski definition) is 2. The third kappa shape index (κ3) is 3.35. The molecule has 0 radical (unpaired) electrons. The minimum Gasteiger partial charge on any atom is -0.357 e. The Labute approximate surface area is 135 Å². The van der Waals surface area contributed by atoms with Gasteiger partial charge in [0.15, 0.2) is 10.8 Å². The van der Waals surface area contributed by atoms with Crippen molar-refractivity contribution in [3.8, 4) is 10.6 Å². The van der Waals surface area contributed by atoms with Crippen molar-refractivity contribution in [1.82, 2.24) is 20.2 Å². The predicted molar refractivity (Wildman–Crippen MR) is 76.2 cm³/mol. The number of aromatic nitrogens is 4. The number of thiazole rings is 1. The molecule has 3 aromatic rings. The van der Waals surface area contributed by atoms with Gasteiger partial charge in [-0.05, 0) is 6.07 Å². The molecule has 0 spiro atoms. The average Bonchev–Trinajstić information content (AvgIpc) is 3.15. The minimum absolute atomic E-state index is 0.147. The molecular formula is C13H8F5N5S. The first-order valence-corrected chi connectivity index (χ1v) is 7.27. The lowest BCUT2D eigenvalue weighted by Gasteiger charge is -2.04. The zero-order chi connectivity index (χ0) is 17.3. The second-order valence-corrected chi connectivity index (χ2v) is 5.66. The van der Waals surface area contributed by atoms with Crippen LogP contribution in [0.15, 0.2) is 24.7 Å². The topological polar surface area (TPSA) is 66.5 Å². The highest BCUT2D eigenvalue weighted by Crippen LogP contribution is 2.33. The van der Waals surface area contributed by atoms with E-state index in [-0.39, 0.29) is 17.8 Å². The average molecular weight is 361 g/mol. The number of H-pyrrole nitrogens is 1. The largest absolute Gasteiger partial charge is 0.435 e. The molecule has 3 heterocycles. The summed E-state index contributed by atoms with van der Waals surface area (Å²) in [5.74, 6) is -1.61. The summed E-state index contributed by atoms with van der Waals surface area (Å²) in [7, 11) is 0. The van der Waals surface area contributed by atoms with Crippen LogP contribution in [0.1, 0.15) is 11.3 Å². The van der Waals surface area contributed by atoms with Gasteiger partial charge in [0.2, 0.25) is 0 Å². The summed E-state index contributed by atoms with van der Waals surface area (Å²) in [4.78, 5) is 7.73. The Morgan fingerprint density at radius 2 is 1.83 bits per heavy atom. The van der Waals surface area contributed by atoms with Gasteiger partial charge in [-0.2, -0.15) is 18.3 Å². The summed E-state index contributed by atoms with van der Waals surface area (Å²) in [5, 5.41) is 8.48. The van der Waals surface area contributed by atoms with Gasteiger partial charge in [0.05, 0.1) is 23.0 Å². The maximum atomic E-state index is 13.5. The van der Waals surface area contributed by atoms with Crippen LogP contribution in [0.4, 0.5) is 27.1 Å². The molecule has 0 saturated carbocycles. The molecule has 126 valence electrons. The van der Waals surface area contributed by atoms with Crippen molar-refractivity contribution in [3.05, 3.63) is 47.5 Å². The summed E-state index contributed by atoms with van der Waals surface area (Å²) in [5.41, 5.74) is -1.10. The van der Waals surface area contributed by atoms with Gasteiger partial charge in [0, 0.05) is 18.3 Å². The molecule has 24 heavy (non-hydrogen) atoms. The Balaban J connectivity index is 1.73. The van der Waals surface area contributed by atoms with Crippen LogP contribution < -0.4 is 5.32 Å². The highest BCUT2D eigenvalue weighted by atomic mass is 32.1. The van der Waals surface area contributed by atoms with Crippen molar-refractivity contribution in [2.45, 2.75) is 12.7 Å². The van der Waals surface area contributed by atoms with Gasteiger partial charge < -0.3 is 5.32 Å². The van der Waals surface area contributed by atoms with Crippen molar-refractivity contribution in [3.63, 3.8) is 0 Å². The van der Waals surface area contributed by atoms with Crippen LogP contribution >= 0.6 is 11.3 Å². The number of nitrogens with zero attached hydrogens (tertiary/aromatic N) is 3. The summed E-state index contributed by atoms with van der Waals surface area (Å²) in [6.07, 6.45) is -1.44. The van der Waals surface area contributed by atoms with Gasteiger partial charge in [-0.25, -0.2) is 13.8 Å². The second kappa shape index (κ2) is 6.15. The van der Waals surface area contributed by atoms with Crippen LogP contribution in [-0.2, 0) is 12.7 Å². The van der Waals surface area contributed by atoms with Crippen LogP contribution in [-0.4, -0.2) is 20.2 Å². The van der Waals surface area contributed by atoms with Crippen molar-refractivity contribution in [1.29, 1.82) is 0 Å². The Bertz CT molecular complexity index is 836. The third-order valence-corrected chi connectivity index (χ3v) is 4.00. The standard InChI is InChI=1S/C13H8F5N5S/c14-7-3-19-4-8(15)6(7)2-20-12-21-5-10(24-12)9-1-11(23-22-9)13(16,17)18/h1,3-5H,2H2,(H,20,21)(H,22,23). The molecule has 0 bridgehead atoms. The van der Waals surface area contributed by atoms with Crippen molar-refractivity contribution in [2.24, 2.45) is 0 Å². The van der Waals surface area contributed by atoms with Crippen LogP contribution in [0.25, 0.3) is 10.6 Å². The number of aromatic amines is 1.